The number of phenols is 1. The van der Waals surface area contributed by atoms with Crippen LogP contribution in [0.15, 0.2) is 30.3 Å². The third-order valence-electron chi connectivity index (χ3n) is 5.67. The molecule has 0 aliphatic carbocycles. The number of ether oxygens (including phenoxy) is 3. The van der Waals surface area contributed by atoms with E-state index < -0.39 is 0 Å². The van der Waals surface area contributed by atoms with Gasteiger partial charge in [-0.2, -0.15) is 0 Å². The monoisotopic (exact) mass is 371 g/mol. The molecule has 0 amide bonds. The minimum absolute atomic E-state index is 0.276. The molecule has 27 heavy (non-hydrogen) atoms. The van der Waals surface area contributed by atoms with Crippen molar-refractivity contribution < 1.29 is 19.3 Å². The van der Waals surface area contributed by atoms with Gasteiger partial charge in [0.1, 0.15) is 11.5 Å². The fourth-order valence-electron chi connectivity index (χ4n) is 4.22. The van der Waals surface area contributed by atoms with Gasteiger partial charge in [0.15, 0.2) is 0 Å². The summed E-state index contributed by atoms with van der Waals surface area (Å²) in [5, 5.41) is 12.8. The van der Waals surface area contributed by atoms with Gasteiger partial charge in [0, 0.05) is 38.4 Å². The third kappa shape index (κ3) is 4.37. The van der Waals surface area contributed by atoms with Crippen LogP contribution in [0.2, 0.25) is 0 Å². The summed E-state index contributed by atoms with van der Waals surface area (Å²) in [6.07, 6.45) is 5.04. The molecular weight excluding hydrogens is 342 g/mol. The van der Waals surface area contributed by atoms with Crippen LogP contribution in [-0.4, -0.2) is 55.6 Å². The van der Waals surface area contributed by atoms with Crippen LogP contribution in [0.5, 0.6) is 11.5 Å². The first-order valence-electron chi connectivity index (χ1n) is 9.97. The Morgan fingerprint density at radius 3 is 2.30 bits per heavy atom. The molecule has 0 radical (unpaired) electrons. The average Bonchev–Trinajstić information content (AvgIpc) is 3.38. The smallest absolute Gasteiger partial charge is 0.120 e. The lowest BCUT2D eigenvalue weighted by Gasteiger charge is -2.28. The molecule has 2 aromatic carbocycles. The Morgan fingerprint density at radius 1 is 1.04 bits per heavy atom. The lowest BCUT2D eigenvalue weighted by Crippen LogP contribution is -2.37. The highest BCUT2D eigenvalue weighted by molar-refractivity contribution is 5.88. The first-order chi connectivity index (χ1) is 13.2. The molecule has 0 aromatic heterocycles. The number of rotatable bonds is 7. The van der Waals surface area contributed by atoms with Crippen LogP contribution >= 0.6 is 0 Å². The Balaban J connectivity index is 1.61. The van der Waals surface area contributed by atoms with Gasteiger partial charge in [0.25, 0.3) is 0 Å². The Labute approximate surface area is 160 Å². The molecule has 2 aliphatic rings. The summed E-state index contributed by atoms with van der Waals surface area (Å²) in [6.45, 7) is 4.14. The Bertz CT molecular complexity index is 748. The first kappa shape index (κ1) is 18.5. The van der Waals surface area contributed by atoms with Crippen LogP contribution < -0.4 is 4.74 Å². The standard InChI is InChI=1S/C22H29NO4/c1-25-17-8-6-16-7-9-22(24)21(20(16)12-17)15-23(13-18-4-2-10-26-18)14-19-5-3-11-27-19/h6-9,12,18-19,24H,2-5,10-11,13-15H2,1H3/t18-,19-/m1/s1. The Hall–Kier alpha value is -1.82. The van der Waals surface area contributed by atoms with Crippen LogP contribution in [0.4, 0.5) is 0 Å². The van der Waals surface area contributed by atoms with Crippen molar-refractivity contribution in [3.8, 4) is 11.5 Å². The van der Waals surface area contributed by atoms with E-state index in [9.17, 15) is 5.11 Å². The van der Waals surface area contributed by atoms with Crippen molar-refractivity contribution in [2.45, 2.75) is 44.4 Å². The van der Waals surface area contributed by atoms with E-state index in [0.717, 1.165) is 74.1 Å². The molecule has 2 atom stereocenters. The minimum Gasteiger partial charge on any atom is -0.508 e. The summed E-state index contributed by atoms with van der Waals surface area (Å²) >= 11 is 0. The van der Waals surface area contributed by atoms with Crippen LogP contribution in [0, 0.1) is 0 Å². The van der Waals surface area contributed by atoms with E-state index >= 15 is 0 Å². The van der Waals surface area contributed by atoms with E-state index in [1.807, 2.05) is 24.3 Å². The van der Waals surface area contributed by atoms with Crippen molar-refractivity contribution in [1.82, 2.24) is 4.90 Å². The quantitative estimate of drug-likeness (QED) is 0.804. The highest BCUT2D eigenvalue weighted by Gasteiger charge is 2.25. The summed E-state index contributed by atoms with van der Waals surface area (Å²) in [5.41, 5.74) is 0.947. The van der Waals surface area contributed by atoms with E-state index in [0.29, 0.717) is 12.3 Å². The van der Waals surface area contributed by atoms with E-state index in [-0.39, 0.29) is 12.2 Å². The van der Waals surface area contributed by atoms with Crippen LogP contribution in [-0.2, 0) is 16.0 Å². The van der Waals surface area contributed by atoms with Crippen molar-refractivity contribution >= 4 is 10.8 Å². The largest absolute Gasteiger partial charge is 0.508 e. The molecule has 5 heteroatoms. The van der Waals surface area contributed by atoms with Gasteiger partial charge >= 0.3 is 0 Å². The maximum absolute atomic E-state index is 10.6. The number of phenolic OH excluding ortho intramolecular Hbond substituents is 1. The maximum Gasteiger partial charge on any atom is 0.120 e. The molecule has 2 fully saturated rings. The van der Waals surface area contributed by atoms with E-state index in [1.54, 1.807) is 13.2 Å². The van der Waals surface area contributed by atoms with Gasteiger partial charge in [-0.15, -0.1) is 0 Å². The summed E-state index contributed by atoms with van der Waals surface area (Å²) in [5.74, 6) is 1.14. The van der Waals surface area contributed by atoms with Gasteiger partial charge in [-0.1, -0.05) is 12.1 Å². The molecule has 2 aliphatic heterocycles. The highest BCUT2D eigenvalue weighted by Crippen LogP contribution is 2.32. The number of hydrogen-bond acceptors (Lipinski definition) is 5. The SMILES string of the molecule is COc1ccc2ccc(O)c(CN(C[C@H]3CCCO3)C[C@H]3CCCO3)c2c1. The van der Waals surface area contributed by atoms with Crippen molar-refractivity contribution in [2.24, 2.45) is 0 Å². The Morgan fingerprint density at radius 2 is 1.70 bits per heavy atom. The average molecular weight is 371 g/mol. The first-order valence-corrected chi connectivity index (χ1v) is 9.97. The van der Waals surface area contributed by atoms with Crippen molar-refractivity contribution in [2.75, 3.05) is 33.4 Å². The number of hydrogen-bond donors (Lipinski definition) is 1. The lowest BCUT2D eigenvalue weighted by atomic mass is 10.0. The fourth-order valence-corrected chi connectivity index (χ4v) is 4.22. The minimum atomic E-state index is 0.276. The molecule has 0 bridgehead atoms. The second-order valence-corrected chi connectivity index (χ2v) is 7.61. The maximum atomic E-state index is 10.6. The zero-order valence-electron chi connectivity index (χ0n) is 16.0. The number of fused-ring (bicyclic) bond motifs is 1. The normalized spacial score (nSPS) is 22.7. The van der Waals surface area contributed by atoms with E-state index in [1.165, 1.54) is 0 Å². The summed E-state index contributed by atoms with van der Waals surface area (Å²) in [7, 11) is 1.67. The lowest BCUT2D eigenvalue weighted by molar-refractivity contribution is 0.0344. The Kier molecular flexibility index (Phi) is 5.81. The molecule has 2 aromatic rings. The summed E-state index contributed by atoms with van der Waals surface area (Å²) in [4.78, 5) is 2.39. The molecule has 2 saturated heterocycles. The zero-order valence-corrected chi connectivity index (χ0v) is 16.0. The topological polar surface area (TPSA) is 51.2 Å². The number of benzene rings is 2. The van der Waals surface area contributed by atoms with Crippen LogP contribution in [0.3, 0.4) is 0 Å². The molecule has 4 rings (SSSR count). The molecule has 0 unspecified atom stereocenters. The van der Waals surface area contributed by atoms with Gasteiger partial charge in [-0.05, 0) is 54.7 Å². The van der Waals surface area contributed by atoms with Crippen molar-refractivity contribution in [3.63, 3.8) is 0 Å². The zero-order chi connectivity index (χ0) is 18.6. The van der Waals surface area contributed by atoms with Crippen molar-refractivity contribution in [3.05, 3.63) is 35.9 Å². The summed E-state index contributed by atoms with van der Waals surface area (Å²) < 4.78 is 17.2. The fraction of sp³-hybridized carbons (Fsp3) is 0.545. The molecular formula is C22H29NO4. The van der Waals surface area contributed by atoms with E-state index in [4.69, 9.17) is 14.2 Å². The second kappa shape index (κ2) is 8.46. The molecule has 146 valence electrons. The highest BCUT2D eigenvalue weighted by atomic mass is 16.5. The molecule has 0 saturated carbocycles. The van der Waals surface area contributed by atoms with Gasteiger partial charge in [0.05, 0.1) is 19.3 Å². The molecule has 0 spiro atoms. The predicted octanol–water partition coefficient (Wildman–Crippen LogP) is 3.71. The van der Waals surface area contributed by atoms with Gasteiger partial charge in [-0.3, -0.25) is 4.90 Å². The molecule has 1 N–H and O–H groups in total. The van der Waals surface area contributed by atoms with Gasteiger partial charge in [0.2, 0.25) is 0 Å². The number of aromatic hydroxyl groups is 1. The molecule has 2 heterocycles. The van der Waals surface area contributed by atoms with Gasteiger partial charge < -0.3 is 19.3 Å². The predicted molar refractivity (Wildman–Crippen MR) is 105 cm³/mol. The van der Waals surface area contributed by atoms with Gasteiger partial charge in [-0.25, -0.2) is 0 Å². The van der Waals surface area contributed by atoms with E-state index in [2.05, 4.69) is 4.90 Å². The van der Waals surface area contributed by atoms with Crippen molar-refractivity contribution in [1.29, 1.82) is 0 Å². The van der Waals surface area contributed by atoms with Crippen LogP contribution in [0.1, 0.15) is 31.2 Å². The number of methoxy groups -OCH3 is 1. The number of nitrogens with zero attached hydrogens (tertiary/aromatic N) is 1. The molecule has 5 nitrogen and oxygen atoms in total. The summed E-state index contributed by atoms with van der Waals surface area (Å²) in [6, 6.07) is 9.76. The van der Waals surface area contributed by atoms with Crippen LogP contribution in [0.25, 0.3) is 10.8 Å². The second-order valence-electron chi connectivity index (χ2n) is 7.61. The third-order valence-corrected chi connectivity index (χ3v) is 5.67.